The van der Waals surface area contributed by atoms with E-state index in [2.05, 4.69) is 5.32 Å². The molecule has 3 aromatic carbocycles. The number of fused-ring (bicyclic) bond motifs is 1. The molecule has 0 aliphatic carbocycles. The van der Waals surface area contributed by atoms with Crippen molar-refractivity contribution in [3.05, 3.63) is 83.4 Å². The first-order valence-corrected chi connectivity index (χ1v) is 12.5. The van der Waals surface area contributed by atoms with E-state index in [1.807, 2.05) is 31.2 Å². The van der Waals surface area contributed by atoms with Gasteiger partial charge in [-0.15, -0.1) is 0 Å². The maximum absolute atomic E-state index is 12.9. The molecule has 0 fully saturated rings. The van der Waals surface area contributed by atoms with Crippen molar-refractivity contribution in [3.8, 4) is 5.75 Å². The van der Waals surface area contributed by atoms with E-state index in [9.17, 15) is 18.0 Å². The lowest BCUT2D eigenvalue weighted by molar-refractivity contribution is -0.125. The SMILES string of the molecule is Cc1ccc(CN2C(=O)C(C)Oc3ccc(NC(=O)c4ccc(S(=O)(=O)N(C)C)cc4)cc32)cc1. The zero-order valence-electron chi connectivity index (χ0n) is 20.0. The number of carbonyl (C=O) groups excluding carboxylic acids is 2. The normalized spacial score (nSPS) is 15.5. The third-order valence-electron chi connectivity index (χ3n) is 5.78. The molecule has 35 heavy (non-hydrogen) atoms. The summed E-state index contributed by atoms with van der Waals surface area (Å²) in [7, 11) is -0.687. The summed E-state index contributed by atoms with van der Waals surface area (Å²) in [5.74, 6) is -0.0139. The van der Waals surface area contributed by atoms with Crippen LogP contribution in [0.2, 0.25) is 0 Å². The molecule has 0 aromatic heterocycles. The van der Waals surface area contributed by atoms with Gasteiger partial charge in [-0.1, -0.05) is 29.8 Å². The largest absolute Gasteiger partial charge is 0.479 e. The number of benzene rings is 3. The molecular formula is C26H27N3O5S. The van der Waals surface area contributed by atoms with Gasteiger partial charge in [-0.3, -0.25) is 9.59 Å². The quantitative estimate of drug-likeness (QED) is 0.563. The van der Waals surface area contributed by atoms with E-state index in [-0.39, 0.29) is 10.8 Å². The van der Waals surface area contributed by atoms with Crippen LogP contribution in [0.15, 0.2) is 71.6 Å². The van der Waals surface area contributed by atoms with Crippen molar-refractivity contribution in [2.24, 2.45) is 0 Å². The van der Waals surface area contributed by atoms with Crippen LogP contribution in [0.3, 0.4) is 0 Å². The van der Waals surface area contributed by atoms with Crippen molar-refractivity contribution in [2.75, 3.05) is 24.3 Å². The lowest BCUT2D eigenvalue weighted by Gasteiger charge is -2.33. The number of rotatable bonds is 6. The summed E-state index contributed by atoms with van der Waals surface area (Å²) in [6.45, 7) is 4.09. The van der Waals surface area contributed by atoms with Crippen LogP contribution in [0.1, 0.15) is 28.4 Å². The molecule has 1 heterocycles. The summed E-state index contributed by atoms with van der Waals surface area (Å²) in [6, 6.07) is 18.8. The van der Waals surface area contributed by atoms with Crippen LogP contribution in [-0.4, -0.2) is 44.7 Å². The van der Waals surface area contributed by atoms with E-state index >= 15 is 0 Å². The highest BCUT2D eigenvalue weighted by Crippen LogP contribution is 2.37. The van der Waals surface area contributed by atoms with Gasteiger partial charge >= 0.3 is 0 Å². The second kappa shape index (κ2) is 9.52. The maximum atomic E-state index is 12.9. The lowest BCUT2D eigenvalue weighted by atomic mass is 10.1. The Labute approximate surface area is 205 Å². The number of hydrogen-bond donors (Lipinski definition) is 1. The minimum absolute atomic E-state index is 0.101. The highest BCUT2D eigenvalue weighted by atomic mass is 32.2. The summed E-state index contributed by atoms with van der Waals surface area (Å²) in [5, 5.41) is 2.81. The van der Waals surface area contributed by atoms with Crippen LogP contribution in [0.5, 0.6) is 5.75 Å². The number of nitrogens with zero attached hydrogens (tertiary/aromatic N) is 2. The van der Waals surface area contributed by atoms with Crippen LogP contribution in [0.4, 0.5) is 11.4 Å². The summed E-state index contributed by atoms with van der Waals surface area (Å²) < 4.78 is 31.4. The highest BCUT2D eigenvalue weighted by molar-refractivity contribution is 7.89. The van der Waals surface area contributed by atoms with Gasteiger partial charge in [0.25, 0.3) is 11.8 Å². The topological polar surface area (TPSA) is 96.0 Å². The molecule has 0 radical (unpaired) electrons. The van der Waals surface area contributed by atoms with Gasteiger partial charge in [0, 0.05) is 25.3 Å². The first kappa shape index (κ1) is 24.4. The Hall–Kier alpha value is -3.69. The predicted molar refractivity (Wildman–Crippen MR) is 134 cm³/mol. The van der Waals surface area contributed by atoms with Crippen LogP contribution in [0.25, 0.3) is 0 Å². The smallest absolute Gasteiger partial charge is 0.268 e. The monoisotopic (exact) mass is 493 g/mol. The number of nitrogens with one attached hydrogen (secondary N) is 1. The van der Waals surface area contributed by atoms with E-state index in [1.165, 1.54) is 38.4 Å². The molecule has 1 atom stereocenters. The summed E-state index contributed by atoms with van der Waals surface area (Å²) in [5.41, 5.74) is 3.47. The average Bonchev–Trinajstić information content (AvgIpc) is 2.83. The van der Waals surface area contributed by atoms with Crippen molar-refractivity contribution in [3.63, 3.8) is 0 Å². The molecule has 182 valence electrons. The Morgan fingerprint density at radius 2 is 1.69 bits per heavy atom. The van der Waals surface area contributed by atoms with Crippen LogP contribution < -0.4 is 15.0 Å². The maximum Gasteiger partial charge on any atom is 0.268 e. The van der Waals surface area contributed by atoms with Crippen LogP contribution in [0, 0.1) is 6.92 Å². The lowest BCUT2D eigenvalue weighted by Crippen LogP contribution is -2.44. The minimum Gasteiger partial charge on any atom is -0.479 e. The average molecular weight is 494 g/mol. The zero-order valence-corrected chi connectivity index (χ0v) is 20.8. The van der Waals surface area contributed by atoms with E-state index in [0.717, 1.165) is 15.4 Å². The molecule has 0 saturated heterocycles. The molecule has 0 bridgehead atoms. The molecule has 1 aliphatic heterocycles. The van der Waals surface area contributed by atoms with E-state index in [0.29, 0.717) is 29.2 Å². The number of ether oxygens (including phenoxy) is 1. The van der Waals surface area contributed by atoms with Crippen LogP contribution in [-0.2, 0) is 21.4 Å². The molecule has 0 saturated carbocycles. The van der Waals surface area contributed by atoms with Gasteiger partial charge < -0.3 is 15.0 Å². The van der Waals surface area contributed by atoms with Crippen LogP contribution >= 0.6 is 0 Å². The molecule has 8 nitrogen and oxygen atoms in total. The molecule has 1 unspecified atom stereocenters. The molecule has 2 amide bonds. The Morgan fingerprint density at radius 1 is 1.03 bits per heavy atom. The summed E-state index contributed by atoms with van der Waals surface area (Å²) >= 11 is 0. The van der Waals surface area contributed by atoms with Crippen molar-refractivity contribution in [1.29, 1.82) is 0 Å². The number of anilines is 2. The first-order chi connectivity index (χ1) is 16.6. The Morgan fingerprint density at radius 3 is 2.31 bits per heavy atom. The Bertz CT molecular complexity index is 1370. The van der Waals surface area contributed by atoms with E-state index in [4.69, 9.17) is 4.74 Å². The van der Waals surface area contributed by atoms with Gasteiger partial charge in [0.1, 0.15) is 5.75 Å². The van der Waals surface area contributed by atoms with Crippen molar-refractivity contribution >= 4 is 33.2 Å². The van der Waals surface area contributed by atoms with Gasteiger partial charge in [-0.2, -0.15) is 0 Å². The summed E-state index contributed by atoms with van der Waals surface area (Å²) in [4.78, 5) is 27.5. The fraction of sp³-hybridized carbons (Fsp3) is 0.231. The molecular weight excluding hydrogens is 466 g/mol. The van der Waals surface area contributed by atoms with Crippen molar-refractivity contribution in [2.45, 2.75) is 31.4 Å². The molecule has 1 N–H and O–H groups in total. The zero-order chi connectivity index (χ0) is 25.3. The second-order valence-corrected chi connectivity index (χ2v) is 10.8. The second-order valence-electron chi connectivity index (χ2n) is 8.62. The van der Waals surface area contributed by atoms with E-state index < -0.39 is 22.0 Å². The summed E-state index contributed by atoms with van der Waals surface area (Å²) in [6.07, 6.45) is -0.620. The van der Waals surface area contributed by atoms with Gasteiger partial charge in [-0.05, 0) is 61.9 Å². The molecule has 0 spiro atoms. The Balaban J connectivity index is 1.57. The number of hydrogen-bond acceptors (Lipinski definition) is 5. The number of sulfonamides is 1. The number of amides is 2. The minimum atomic E-state index is -3.58. The fourth-order valence-corrected chi connectivity index (χ4v) is 4.62. The van der Waals surface area contributed by atoms with Crippen molar-refractivity contribution in [1.82, 2.24) is 4.31 Å². The molecule has 3 aromatic rings. The van der Waals surface area contributed by atoms with Crippen molar-refractivity contribution < 1.29 is 22.7 Å². The first-order valence-electron chi connectivity index (χ1n) is 11.1. The molecule has 4 rings (SSSR count). The van der Waals surface area contributed by atoms with Gasteiger partial charge in [0.05, 0.1) is 17.1 Å². The number of carbonyl (C=O) groups is 2. The number of aryl methyl sites for hydroxylation is 1. The van der Waals surface area contributed by atoms with E-state index in [1.54, 1.807) is 30.0 Å². The van der Waals surface area contributed by atoms with Gasteiger partial charge in [-0.25, -0.2) is 12.7 Å². The van der Waals surface area contributed by atoms with Gasteiger partial charge in [0.15, 0.2) is 6.10 Å². The highest BCUT2D eigenvalue weighted by Gasteiger charge is 2.32. The third-order valence-corrected chi connectivity index (χ3v) is 7.61. The third kappa shape index (κ3) is 5.06. The predicted octanol–water partition coefficient (Wildman–Crippen LogP) is 3.81. The standard InChI is InChI=1S/C26H27N3O5S/c1-17-5-7-19(8-6-17)16-29-23-15-21(11-14-24(23)34-18(2)26(29)31)27-25(30)20-9-12-22(13-10-20)35(32,33)28(3)4/h5-15,18H,16H2,1-4H3,(H,27,30). The fourth-order valence-electron chi connectivity index (χ4n) is 3.72. The molecule has 9 heteroatoms. The Kier molecular flexibility index (Phi) is 6.64. The van der Waals surface area contributed by atoms with Gasteiger partial charge in [0.2, 0.25) is 10.0 Å². The molecule has 1 aliphatic rings.